The molecular formula is C33H49ClF3N5O. The summed E-state index contributed by atoms with van der Waals surface area (Å²) in [5.41, 5.74) is 3.80. The fourth-order valence-electron chi connectivity index (χ4n) is 6.77. The minimum atomic E-state index is -4.36. The minimum Gasteiger partial charge on any atom is -0.381 e. The molecule has 0 bridgehead atoms. The number of halogens is 4. The van der Waals surface area contributed by atoms with E-state index in [1.807, 2.05) is 12.1 Å². The van der Waals surface area contributed by atoms with Crippen molar-refractivity contribution in [2.75, 3.05) is 67.5 Å². The number of nitrogens with zero attached hydrogens (tertiary/aromatic N) is 4. The van der Waals surface area contributed by atoms with Crippen LogP contribution >= 0.6 is 12.4 Å². The van der Waals surface area contributed by atoms with E-state index >= 15 is 0 Å². The molecule has 0 amide bonds. The summed E-state index contributed by atoms with van der Waals surface area (Å²) in [5, 5.41) is 3.35. The van der Waals surface area contributed by atoms with Crippen LogP contribution in [-0.4, -0.2) is 80.5 Å². The van der Waals surface area contributed by atoms with E-state index in [1.54, 1.807) is 0 Å². The van der Waals surface area contributed by atoms with Crippen LogP contribution in [0.15, 0.2) is 36.4 Å². The third-order valence-electron chi connectivity index (χ3n) is 9.27. The lowest BCUT2D eigenvalue weighted by molar-refractivity contribution is -0.137. The van der Waals surface area contributed by atoms with Gasteiger partial charge in [0.1, 0.15) is 0 Å². The number of hydrogen-bond donors (Lipinski definition) is 1. The topological polar surface area (TPSA) is 42.1 Å². The molecule has 2 fully saturated rings. The molecule has 6 nitrogen and oxygen atoms in total. The lowest BCUT2D eigenvalue weighted by Crippen LogP contribution is -2.52. The van der Waals surface area contributed by atoms with E-state index in [-0.39, 0.29) is 12.4 Å². The van der Waals surface area contributed by atoms with Gasteiger partial charge in [-0.25, -0.2) is 0 Å². The second-order valence-electron chi connectivity index (χ2n) is 11.5. The minimum absolute atomic E-state index is 0. The predicted octanol–water partition coefficient (Wildman–Crippen LogP) is 7.17. The van der Waals surface area contributed by atoms with Crippen LogP contribution in [0.2, 0.25) is 0 Å². The first-order valence-corrected chi connectivity index (χ1v) is 15.7. The second-order valence-corrected chi connectivity index (χ2v) is 11.5. The van der Waals surface area contributed by atoms with Gasteiger partial charge in [-0.3, -0.25) is 14.6 Å². The van der Waals surface area contributed by atoms with E-state index in [4.69, 9.17) is 0 Å². The first-order chi connectivity index (χ1) is 20.2. The molecule has 2 saturated heterocycles. The molecule has 2 aliphatic heterocycles. The van der Waals surface area contributed by atoms with Crippen molar-refractivity contribution in [1.82, 2.24) is 9.80 Å². The van der Waals surface area contributed by atoms with Crippen LogP contribution in [0, 0.1) is 0 Å². The van der Waals surface area contributed by atoms with Gasteiger partial charge in [0.2, 0.25) is 0 Å². The Labute approximate surface area is 262 Å². The van der Waals surface area contributed by atoms with Gasteiger partial charge in [0.05, 0.1) is 16.9 Å². The molecule has 240 valence electrons. The lowest BCUT2D eigenvalue weighted by Gasteiger charge is -2.44. The lowest BCUT2D eigenvalue weighted by atomic mass is 10.0. The standard InChI is InChI=1S/C33H48F3N5O.ClH/c1-5-29(6-2)38-15-19-40(20-16-38)31-25(23-37-28-13-11-27(12-14-28)33(34,35)36)9-10-26(24-42)32(31)41-21-17-39(18-22-41)30(7-3)8-4;/h9-14,24,29-30,37H,5-8,15-23H2,1-4H3;1H. The highest BCUT2D eigenvalue weighted by Crippen LogP contribution is 2.38. The Bertz CT molecular complexity index is 1140. The number of aldehydes is 1. The molecule has 10 heteroatoms. The zero-order valence-corrected chi connectivity index (χ0v) is 26.9. The number of piperazine rings is 2. The number of alkyl halides is 3. The molecule has 4 rings (SSSR count). The van der Waals surface area contributed by atoms with Gasteiger partial charge < -0.3 is 15.1 Å². The Balaban J connectivity index is 0.00000506. The summed E-state index contributed by atoms with van der Waals surface area (Å²) in [5.74, 6) is 0. The Morgan fingerprint density at radius 2 is 1.19 bits per heavy atom. The average Bonchev–Trinajstić information content (AvgIpc) is 3.01. The van der Waals surface area contributed by atoms with Gasteiger partial charge in [0.25, 0.3) is 0 Å². The summed E-state index contributed by atoms with van der Waals surface area (Å²) in [6, 6.07) is 10.3. The van der Waals surface area contributed by atoms with Gasteiger partial charge in [-0.2, -0.15) is 13.2 Å². The monoisotopic (exact) mass is 623 g/mol. The van der Waals surface area contributed by atoms with Crippen LogP contribution in [0.25, 0.3) is 0 Å². The highest BCUT2D eigenvalue weighted by atomic mass is 35.5. The summed E-state index contributed by atoms with van der Waals surface area (Å²) in [4.78, 5) is 22.4. The second kappa shape index (κ2) is 16.0. The van der Waals surface area contributed by atoms with Gasteiger partial charge >= 0.3 is 6.18 Å². The van der Waals surface area contributed by atoms with Gasteiger partial charge in [-0.15, -0.1) is 12.4 Å². The number of carbonyl (C=O) groups excluding carboxylic acids is 1. The third kappa shape index (κ3) is 8.37. The molecule has 0 aromatic heterocycles. The molecule has 0 atom stereocenters. The first-order valence-electron chi connectivity index (χ1n) is 15.7. The molecule has 2 aromatic carbocycles. The predicted molar refractivity (Wildman–Crippen MR) is 174 cm³/mol. The van der Waals surface area contributed by atoms with Crippen LogP contribution in [0.5, 0.6) is 0 Å². The molecule has 43 heavy (non-hydrogen) atoms. The highest BCUT2D eigenvalue weighted by Gasteiger charge is 2.31. The van der Waals surface area contributed by atoms with E-state index in [9.17, 15) is 18.0 Å². The van der Waals surface area contributed by atoms with Gasteiger partial charge in [-0.05, 0) is 61.6 Å². The van der Waals surface area contributed by atoms with Gasteiger partial charge in [0, 0.05) is 82.2 Å². The van der Waals surface area contributed by atoms with E-state index in [0.29, 0.717) is 29.9 Å². The van der Waals surface area contributed by atoms with Crippen molar-refractivity contribution in [3.63, 3.8) is 0 Å². The molecule has 0 spiro atoms. The Morgan fingerprint density at radius 3 is 1.60 bits per heavy atom. The average molecular weight is 624 g/mol. The van der Waals surface area contributed by atoms with Crippen molar-refractivity contribution >= 4 is 35.8 Å². The van der Waals surface area contributed by atoms with Crippen molar-refractivity contribution in [2.24, 2.45) is 0 Å². The summed E-state index contributed by atoms with van der Waals surface area (Å²) < 4.78 is 39.3. The van der Waals surface area contributed by atoms with E-state index in [2.05, 4.69) is 52.6 Å². The maximum absolute atomic E-state index is 13.1. The number of benzene rings is 2. The van der Waals surface area contributed by atoms with Crippen molar-refractivity contribution in [2.45, 2.75) is 78.2 Å². The fourth-order valence-corrected chi connectivity index (χ4v) is 6.77. The van der Waals surface area contributed by atoms with Crippen LogP contribution in [0.3, 0.4) is 0 Å². The summed E-state index contributed by atoms with van der Waals surface area (Å²) in [7, 11) is 0. The molecule has 0 radical (unpaired) electrons. The number of rotatable bonds is 12. The SMILES string of the molecule is CCC(CC)N1CCN(c2c(C=O)ccc(CNc3ccc(C(F)(F)F)cc3)c2N2CCN(C(CC)CC)CC2)CC1.Cl. The molecule has 0 saturated carbocycles. The van der Waals surface area contributed by atoms with Crippen LogP contribution in [-0.2, 0) is 12.7 Å². The number of hydrogen-bond acceptors (Lipinski definition) is 6. The quantitative estimate of drug-likeness (QED) is 0.253. The van der Waals surface area contributed by atoms with Crippen molar-refractivity contribution < 1.29 is 18.0 Å². The number of nitrogens with one attached hydrogen (secondary N) is 1. The number of carbonyl (C=O) groups is 1. The van der Waals surface area contributed by atoms with Crippen LogP contribution in [0.4, 0.5) is 30.2 Å². The van der Waals surface area contributed by atoms with E-state index in [1.165, 1.54) is 12.1 Å². The van der Waals surface area contributed by atoms with Crippen LogP contribution < -0.4 is 15.1 Å². The molecular weight excluding hydrogens is 575 g/mol. The Hall–Kier alpha value is -2.49. The molecule has 2 aliphatic rings. The van der Waals surface area contributed by atoms with Crippen LogP contribution in [0.1, 0.15) is 74.9 Å². The van der Waals surface area contributed by atoms with Crippen molar-refractivity contribution in [3.8, 4) is 0 Å². The van der Waals surface area contributed by atoms with Crippen molar-refractivity contribution in [1.29, 1.82) is 0 Å². The highest BCUT2D eigenvalue weighted by molar-refractivity contribution is 5.93. The fraction of sp³-hybridized carbons (Fsp3) is 0.606. The summed E-state index contributed by atoms with van der Waals surface area (Å²) >= 11 is 0. The maximum Gasteiger partial charge on any atom is 0.416 e. The molecule has 0 aliphatic carbocycles. The summed E-state index contributed by atoms with van der Waals surface area (Å²) in [6.07, 6.45) is 1.14. The molecule has 1 N–H and O–H groups in total. The normalized spacial score (nSPS) is 17.0. The van der Waals surface area contributed by atoms with E-state index in [0.717, 1.165) is 113 Å². The smallest absolute Gasteiger partial charge is 0.381 e. The molecule has 0 unspecified atom stereocenters. The summed E-state index contributed by atoms with van der Waals surface area (Å²) in [6.45, 7) is 16.7. The largest absolute Gasteiger partial charge is 0.416 e. The van der Waals surface area contributed by atoms with Crippen molar-refractivity contribution in [3.05, 3.63) is 53.1 Å². The zero-order chi connectivity index (χ0) is 30.3. The number of anilines is 3. The zero-order valence-electron chi connectivity index (χ0n) is 26.1. The van der Waals surface area contributed by atoms with Gasteiger partial charge in [0.15, 0.2) is 6.29 Å². The Kier molecular flexibility index (Phi) is 13.0. The van der Waals surface area contributed by atoms with E-state index < -0.39 is 11.7 Å². The first kappa shape index (κ1) is 35.0. The molecule has 2 aromatic rings. The Morgan fingerprint density at radius 1 is 0.721 bits per heavy atom. The maximum atomic E-state index is 13.1. The van der Waals surface area contributed by atoms with Gasteiger partial charge in [-0.1, -0.05) is 33.8 Å². The molecule has 2 heterocycles. The third-order valence-corrected chi connectivity index (χ3v) is 9.27.